The van der Waals surface area contributed by atoms with Crippen molar-refractivity contribution in [2.24, 2.45) is 5.73 Å². The fourth-order valence-corrected chi connectivity index (χ4v) is 3.24. The second-order valence-electron chi connectivity index (χ2n) is 6.25. The van der Waals surface area contributed by atoms with Gasteiger partial charge in [0, 0.05) is 45.4 Å². The molecule has 0 saturated carbocycles. The van der Waals surface area contributed by atoms with Crippen molar-refractivity contribution in [1.82, 2.24) is 15.1 Å². The minimum atomic E-state index is 0.132. The number of methoxy groups -OCH3 is 1. The first-order chi connectivity index (χ1) is 10.2. The van der Waals surface area contributed by atoms with Gasteiger partial charge in [-0.15, -0.1) is 0 Å². The fraction of sp³-hybridized carbons (Fsp3) is 0.933. The molecule has 2 rings (SSSR count). The Bertz CT molecular complexity index is 319. The van der Waals surface area contributed by atoms with Gasteiger partial charge in [-0.1, -0.05) is 0 Å². The van der Waals surface area contributed by atoms with Crippen LogP contribution in [0.2, 0.25) is 0 Å². The smallest absolute Gasteiger partial charge is 0.234 e. The number of rotatable bonds is 7. The quantitative estimate of drug-likeness (QED) is 0.628. The molecule has 6 heteroatoms. The van der Waals surface area contributed by atoms with Crippen molar-refractivity contribution in [3.05, 3.63) is 0 Å². The predicted molar refractivity (Wildman–Crippen MR) is 83.1 cm³/mol. The monoisotopic (exact) mass is 298 g/mol. The lowest BCUT2D eigenvalue weighted by atomic mass is 10.0. The highest BCUT2D eigenvalue weighted by Gasteiger charge is 2.30. The van der Waals surface area contributed by atoms with Gasteiger partial charge < -0.3 is 15.8 Å². The number of ether oxygens (including phenoxy) is 1. The molecule has 0 bridgehead atoms. The van der Waals surface area contributed by atoms with Gasteiger partial charge >= 0.3 is 0 Å². The molecule has 0 aliphatic carbocycles. The van der Waals surface area contributed by atoms with Crippen molar-refractivity contribution >= 4 is 5.91 Å². The molecule has 0 aromatic rings. The normalized spacial score (nSPS) is 25.3. The van der Waals surface area contributed by atoms with Gasteiger partial charge in [-0.2, -0.15) is 0 Å². The highest BCUT2D eigenvalue weighted by Crippen LogP contribution is 2.19. The largest absolute Gasteiger partial charge is 0.385 e. The zero-order valence-corrected chi connectivity index (χ0v) is 13.2. The summed E-state index contributed by atoms with van der Waals surface area (Å²) in [7, 11) is 1.68. The average molecular weight is 298 g/mol. The van der Waals surface area contributed by atoms with Gasteiger partial charge in [0.25, 0.3) is 0 Å². The number of carbonyl (C=O) groups excluding carboxylic acids is 1. The number of likely N-dealkylation sites (tertiary alicyclic amines) is 2. The molecule has 2 saturated heterocycles. The molecule has 6 nitrogen and oxygen atoms in total. The van der Waals surface area contributed by atoms with Crippen LogP contribution in [0.25, 0.3) is 0 Å². The number of nitrogens with one attached hydrogen (secondary N) is 1. The third-order valence-corrected chi connectivity index (χ3v) is 4.55. The maximum atomic E-state index is 11.9. The first-order valence-corrected chi connectivity index (χ1v) is 8.16. The summed E-state index contributed by atoms with van der Waals surface area (Å²) in [5.74, 6) is 0.132. The van der Waals surface area contributed by atoms with Crippen LogP contribution >= 0.6 is 0 Å². The molecule has 2 heterocycles. The minimum absolute atomic E-state index is 0.132. The minimum Gasteiger partial charge on any atom is -0.385 e. The fourth-order valence-electron chi connectivity index (χ4n) is 3.24. The molecular weight excluding hydrogens is 268 g/mol. The highest BCUT2D eigenvalue weighted by atomic mass is 16.5. The van der Waals surface area contributed by atoms with Gasteiger partial charge in [-0.05, 0) is 38.8 Å². The zero-order chi connectivity index (χ0) is 15.1. The molecule has 1 atom stereocenters. The Balaban J connectivity index is 1.62. The van der Waals surface area contributed by atoms with Crippen molar-refractivity contribution < 1.29 is 9.53 Å². The van der Waals surface area contributed by atoms with E-state index in [2.05, 4.69) is 15.1 Å². The van der Waals surface area contributed by atoms with Crippen molar-refractivity contribution in [1.29, 1.82) is 0 Å². The maximum Gasteiger partial charge on any atom is 0.234 e. The van der Waals surface area contributed by atoms with Crippen LogP contribution in [0.1, 0.15) is 25.7 Å². The molecule has 0 spiro atoms. The van der Waals surface area contributed by atoms with Crippen LogP contribution < -0.4 is 11.1 Å². The maximum absolute atomic E-state index is 11.9. The van der Waals surface area contributed by atoms with Gasteiger partial charge in [0.1, 0.15) is 0 Å². The van der Waals surface area contributed by atoms with E-state index in [1.165, 1.54) is 6.42 Å². The van der Waals surface area contributed by atoms with Crippen LogP contribution in [0.15, 0.2) is 0 Å². The van der Waals surface area contributed by atoms with Crippen LogP contribution in [-0.2, 0) is 9.53 Å². The van der Waals surface area contributed by atoms with Crippen molar-refractivity contribution in [3.8, 4) is 0 Å². The van der Waals surface area contributed by atoms with Gasteiger partial charge in [-0.3, -0.25) is 14.6 Å². The van der Waals surface area contributed by atoms with E-state index in [1.54, 1.807) is 7.11 Å². The Hall–Kier alpha value is -0.690. The standard InChI is InChI=1S/C15H30N4O2/c1-21-10-2-6-17-15(20)12-18-7-5-14(11-18)19-8-3-13(16)4-9-19/h13-14H,2-12,16H2,1H3,(H,17,20). The molecule has 3 N–H and O–H groups in total. The van der Waals surface area contributed by atoms with E-state index >= 15 is 0 Å². The summed E-state index contributed by atoms with van der Waals surface area (Å²) < 4.78 is 4.97. The number of hydrogen-bond donors (Lipinski definition) is 2. The van der Waals surface area contributed by atoms with E-state index < -0.39 is 0 Å². The topological polar surface area (TPSA) is 70.8 Å². The van der Waals surface area contributed by atoms with E-state index in [4.69, 9.17) is 10.5 Å². The summed E-state index contributed by atoms with van der Waals surface area (Å²) in [6.45, 7) is 6.19. The number of hydrogen-bond acceptors (Lipinski definition) is 5. The number of nitrogens with two attached hydrogens (primary N) is 1. The highest BCUT2D eigenvalue weighted by molar-refractivity contribution is 5.78. The number of carbonyl (C=O) groups is 1. The third-order valence-electron chi connectivity index (χ3n) is 4.55. The lowest BCUT2D eigenvalue weighted by molar-refractivity contribution is -0.122. The van der Waals surface area contributed by atoms with Crippen molar-refractivity contribution in [3.63, 3.8) is 0 Å². The van der Waals surface area contributed by atoms with E-state index in [0.29, 0.717) is 31.8 Å². The summed E-state index contributed by atoms with van der Waals surface area (Å²) in [5.41, 5.74) is 5.96. The van der Waals surface area contributed by atoms with Crippen molar-refractivity contribution in [2.45, 2.75) is 37.8 Å². The first kappa shape index (κ1) is 16.7. The lowest BCUT2D eigenvalue weighted by Crippen LogP contribution is -2.46. The van der Waals surface area contributed by atoms with E-state index in [-0.39, 0.29) is 5.91 Å². The molecule has 2 aliphatic rings. The zero-order valence-electron chi connectivity index (χ0n) is 13.2. The number of nitrogens with zero attached hydrogens (tertiary/aromatic N) is 2. The molecular formula is C15H30N4O2. The molecule has 0 radical (unpaired) electrons. The Kier molecular flexibility index (Phi) is 6.89. The van der Waals surface area contributed by atoms with E-state index in [0.717, 1.165) is 45.4 Å². The Morgan fingerprint density at radius 1 is 1.29 bits per heavy atom. The second-order valence-corrected chi connectivity index (χ2v) is 6.25. The number of piperidine rings is 1. The van der Waals surface area contributed by atoms with Crippen molar-refractivity contribution in [2.75, 3.05) is 53.0 Å². The average Bonchev–Trinajstić information content (AvgIpc) is 2.93. The van der Waals surface area contributed by atoms with Gasteiger partial charge in [0.15, 0.2) is 0 Å². The van der Waals surface area contributed by atoms with Crippen LogP contribution in [-0.4, -0.2) is 80.8 Å². The van der Waals surface area contributed by atoms with Crippen LogP contribution in [0, 0.1) is 0 Å². The molecule has 1 amide bonds. The van der Waals surface area contributed by atoms with Crippen LogP contribution in [0.5, 0.6) is 0 Å². The molecule has 2 fully saturated rings. The molecule has 1 unspecified atom stereocenters. The van der Waals surface area contributed by atoms with Gasteiger partial charge in [0.05, 0.1) is 6.54 Å². The van der Waals surface area contributed by atoms with Gasteiger partial charge in [0.2, 0.25) is 5.91 Å². The molecule has 122 valence electrons. The number of amides is 1. The third kappa shape index (κ3) is 5.54. The molecule has 2 aliphatic heterocycles. The summed E-state index contributed by atoms with van der Waals surface area (Å²) in [6, 6.07) is 0.996. The molecule has 0 aromatic carbocycles. The van der Waals surface area contributed by atoms with Crippen LogP contribution in [0.3, 0.4) is 0 Å². The second kappa shape index (κ2) is 8.68. The summed E-state index contributed by atoms with van der Waals surface area (Å²) in [4.78, 5) is 16.7. The van der Waals surface area contributed by atoms with Gasteiger partial charge in [-0.25, -0.2) is 0 Å². The summed E-state index contributed by atoms with van der Waals surface area (Å²) >= 11 is 0. The molecule has 21 heavy (non-hydrogen) atoms. The van der Waals surface area contributed by atoms with E-state index in [9.17, 15) is 4.79 Å². The molecule has 0 aromatic heterocycles. The van der Waals surface area contributed by atoms with Crippen LogP contribution in [0.4, 0.5) is 0 Å². The Labute approximate surface area is 128 Å². The Morgan fingerprint density at radius 2 is 2.05 bits per heavy atom. The predicted octanol–water partition coefficient (Wildman–Crippen LogP) is -0.363. The Morgan fingerprint density at radius 3 is 2.76 bits per heavy atom. The summed E-state index contributed by atoms with van der Waals surface area (Å²) in [5, 5.41) is 2.95. The lowest BCUT2D eigenvalue weighted by Gasteiger charge is -2.34. The summed E-state index contributed by atoms with van der Waals surface area (Å²) in [6.07, 6.45) is 4.26. The van der Waals surface area contributed by atoms with E-state index in [1.807, 2.05) is 0 Å². The first-order valence-electron chi connectivity index (χ1n) is 8.16. The SMILES string of the molecule is COCCCNC(=O)CN1CCC(N2CCC(N)CC2)C1.